The van der Waals surface area contributed by atoms with Crippen molar-refractivity contribution in [1.29, 1.82) is 0 Å². The molecule has 1 aromatic rings. The van der Waals surface area contributed by atoms with Crippen LogP contribution in [0.3, 0.4) is 0 Å². The first-order valence-corrected chi connectivity index (χ1v) is 7.73. The highest BCUT2D eigenvalue weighted by Gasteiger charge is 2.45. The van der Waals surface area contributed by atoms with Gasteiger partial charge in [-0.2, -0.15) is 0 Å². The van der Waals surface area contributed by atoms with E-state index in [-0.39, 0.29) is 23.3 Å². The molecule has 21 heavy (non-hydrogen) atoms. The lowest BCUT2D eigenvalue weighted by atomic mass is 9.61. The number of nitrogens with two attached hydrogens (primary N) is 1. The molecule has 1 saturated carbocycles. The van der Waals surface area contributed by atoms with Crippen molar-refractivity contribution < 1.29 is 4.79 Å². The molecule has 1 aliphatic carbocycles. The maximum Gasteiger partial charge on any atom is 0.229 e. The van der Waals surface area contributed by atoms with E-state index in [9.17, 15) is 4.79 Å². The number of pyridine rings is 1. The monoisotopic (exact) mass is 289 g/mol. The largest absolute Gasteiger partial charge is 0.327 e. The molecule has 0 saturated heterocycles. The fourth-order valence-corrected chi connectivity index (χ4v) is 3.44. The molecule has 3 atom stereocenters. The zero-order chi connectivity index (χ0) is 15.8. The number of amides is 1. The number of rotatable bonds is 2. The number of nitrogens with zero attached hydrogens (tertiary/aromatic N) is 1. The highest BCUT2D eigenvalue weighted by atomic mass is 16.2. The van der Waals surface area contributed by atoms with Crippen LogP contribution >= 0.6 is 0 Å². The van der Waals surface area contributed by atoms with Crippen molar-refractivity contribution in [2.24, 2.45) is 23.0 Å². The van der Waals surface area contributed by atoms with Gasteiger partial charge in [-0.05, 0) is 55.7 Å². The van der Waals surface area contributed by atoms with Crippen LogP contribution in [0.5, 0.6) is 0 Å². The summed E-state index contributed by atoms with van der Waals surface area (Å²) in [4.78, 5) is 17.1. The van der Waals surface area contributed by atoms with Gasteiger partial charge in [0, 0.05) is 17.7 Å². The molecule has 3 unspecified atom stereocenters. The Morgan fingerprint density at radius 2 is 2.00 bits per heavy atom. The van der Waals surface area contributed by atoms with Crippen LogP contribution in [-0.4, -0.2) is 16.9 Å². The van der Waals surface area contributed by atoms with E-state index < -0.39 is 0 Å². The first kappa shape index (κ1) is 16.0. The summed E-state index contributed by atoms with van der Waals surface area (Å²) in [6, 6.07) is 4.10. The summed E-state index contributed by atoms with van der Waals surface area (Å²) in [5.41, 5.74) is 8.10. The van der Waals surface area contributed by atoms with Gasteiger partial charge >= 0.3 is 0 Å². The fourth-order valence-electron chi connectivity index (χ4n) is 3.44. The van der Waals surface area contributed by atoms with Gasteiger partial charge in [0.25, 0.3) is 0 Å². The third-order valence-corrected chi connectivity index (χ3v) is 5.17. The van der Waals surface area contributed by atoms with E-state index in [2.05, 4.69) is 31.1 Å². The smallest absolute Gasteiger partial charge is 0.229 e. The van der Waals surface area contributed by atoms with Crippen LogP contribution in [0.2, 0.25) is 0 Å². The molecule has 2 rings (SSSR count). The second-order valence-electron chi connectivity index (χ2n) is 7.06. The molecule has 1 amide bonds. The van der Waals surface area contributed by atoms with Crippen molar-refractivity contribution in [3.8, 4) is 0 Å². The Morgan fingerprint density at radius 3 is 2.62 bits per heavy atom. The van der Waals surface area contributed by atoms with E-state index in [0.29, 0.717) is 11.7 Å². The molecule has 1 aromatic heterocycles. The minimum absolute atomic E-state index is 0.0186. The number of nitrogens with one attached hydrogen (secondary N) is 1. The van der Waals surface area contributed by atoms with Gasteiger partial charge in [-0.1, -0.05) is 20.8 Å². The van der Waals surface area contributed by atoms with Crippen molar-refractivity contribution in [2.45, 2.75) is 53.5 Å². The third kappa shape index (κ3) is 3.26. The average molecular weight is 289 g/mol. The zero-order valence-electron chi connectivity index (χ0n) is 13.7. The molecule has 1 aliphatic rings. The fraction of sp³-hybridized carbons (Fsp3) is 0.647. The van der Waals surface area contributed by atoms with Gasteiger partial charge in [-0.3, -0.25) is 4.79 Å². The van der Waals surface area contributed by atoms with E-state index in [1.54, 1.807) is 0 Å². The van der Waals surface area contributed by atoms with E-state index in [1.807, 2.05) is 26.0 Å². The van der Waals surface area contributed by atoms with Gasteiger partial charge in [0.15, 0.2) is 0 Å². The number of anilines is 1. The molecule has 0 radical (unpaired) electrons. The Morgan fingerprint density at radius 1 is 1.33 bits per heavy atom. The summed E-state index contributed by atoms with van der Waals surface area (Å²) >= 11 is 0. The van der Waals surface area contributed by atoms with Gasteiger partial charge in [0.2, 0.25) is 5.91 Å². The maximum absolute atomic E-state index is 12.7. The van der Waals surface area contributed by atoms with Crippen molar-refractivity contribution in [3.63, 3.8) is 0 Å². The van der Waals surface area contributed by atoms with E-state index >= 15 is 0 Å². The SMILES string of the molecule is Cc1cc(C)nc(NC(=O)C2CCC(N)C(C)C2(C)C)c1. The number of hydrogen-bond donors (Lipinski definition) is 2. The lowest BCUT2D eigenvalue weighted by molar-refractivity contribution is -0.127. The molecule has 4 heteroatoms. The quantitative estimate of drug-likeness (QED) is 0.879. The molecule has 0 spiro atoms. The van der Waals surface area contributed by atoms with Crippen molar-refractivity contribution in [3.05, 3.63) is 23.4 Å². The normalized spacial score (nSPS) is 28.2. The molecule has 3 N–H and O–H groups in total. The predicted octanol–water partition coefficient (Wildman–Crippen LogP) is 3.04. The number of aryl methyl sites for hydroxylation is 2. The van der Waals surface area contributed by atoms with Crippen molar-refractivity contribution in [2.75, 3.05) is 5.32 Å². The van der Waals surface area contributed by atoms with Crippen molar-refractivity contribution in [1.82, 2.24) is 4.98 Å². The van der Waals surface area contributed by atoms with E-state index in [4.69, 9.17) is 5.73 Å². The molecule has 116 valence electrons. The van der Waals surface area contributed by atoms with Crippen LogP contribution in [0.15, 0.2) is 12.1 Å². The summed E-state index contributed by atoms with van der Waals surface area (Å²) in [6.07, 6.45) is 1.75. The van der Waals surface area contributed by atoms with Gasteiger partial charge in [-0.15, -0.1) is 0 Å². The average Bonchev–Trinajstić information content (AvgIpc) is 2.34. The second kappa shape index (κ2) is 5.76. The van der Waals surface area contributed by atoms with Gasteiger partial charge in [-0.25, -0.2) is 4.98 Å². The first-order chi connectivity index (χ1) is 9.71. The van der Waals surface area contributed by atoms with Crippen LogP contribution in [0.4, 0.5) is 5.82 Å². The first-order valence-electron chi connectivity index (χ1n) is 7.73. The lowest BCUT2D eigenvalue weighted by Gasteiger charge is -2.45. The molecule has 0 aliphatic heterocycles. The number of carbonyl (C=O) groups is 1. The molecule has 0 bridgehead atoms. The Kier molecular flexibility index (Phi) is 4.38. The molecule has 4 nitrogen and oxygen atoms in total. The Balaban J connectivity index is 2.16. The molecular formula is C17H27N3O. The Bertz CT molecular complexity index is 519. The Labute approximate surface area is 127 Å². The zero-order valence-corrected chi connectivity index (χ0v) is 13.7. The number of hydrogen-bond acceptors (Lipinski definition) is 3. The summed E-state index contributed by atoms with van der Waals surface area (Å²) in [7, 11) is 0. The highest BCUT2D eigenvalue weighted by molar-refractivity contribution is 5.92. The van der Waals surface area contributed by atoms with Crippen LogP contribution < -0.4 is 11.1 Å². The standard InChI is InChI=1S/C17H27N3O/c1-10-8-11(2)19-15(9-10)20-16(21)13-6-7-14(18)12(3)17(13,4)5/h8-9,12-14H,6-7,18H2,1-5H3,(H,19,20,21). The summed E-state index contributed by atoms with van der Waals surface area (Å²) in [6.45, 7) is 10.4. The van der Waals surface area contributed by atoms with Gasteiger partial charge < -0.3 is 11.1 Å². The van der Waals surface area contributed by atoms with Crippen LogP contribution in [0.1, 0.15) is 44.9 Å². The van der Waals surface area contributed by atoms with Crippen molar-refractivity contribution >= 4 is 11.7 Å². The maximum atomic E-state index is 12.7. The molecular weight excluding hydrogens is 262 g/mol. The number of carbonyl (C=O) groups excluding carboxylic acids is 1. The minimum atomic E-state index is -0.0966. The molecule has 1 fully saturated rings. The van der Waals surface area contributed by atoms with Gasteiger partial charge in [0.1, 0.15) is 5.82 Å². The van der Waals surface area contributed by atoms with E-state index in [0.717, 1.165) is 24.1 Å². The lowest BCUT2D eigenvalue weighted by Crippen LogP contribution is -2.50. The Hall–Kier alpha value is -1.42. The predicted molar refractivity (Wildman–Crippen MR) is 86.0 cm³/mol. The summed E-state index contributed by atoms with van der Waals surface area (Å²) in [5.74, 6) is 1.02. The van der Waals surface area contributed by atoms with Crippen LogP contribution in [-0.2, 0) is 4.79 Å². The summed E-state index contributed by atoms with van der Waals surface area (Å²) < 4.78 is 0. The third-order valence-electron chi connectivity index (χ3n) is 5.17. The summed E-state index contributed by atoms with van der Waals surface area (Å²) in [5, 5.41) is 2.99. The number of aromatic nitrogens is 1. The highest BCUT2D eigenvalue weighted by Crippen LogP contribution is 2.44. The van der Waals surface area contributed by atoms with Gasteiger partial charge in [0.05, 0.1) is 0 Å². The molecule has 1 heterocycles. The van der Waals surface area contributed by atoms with Crippen LogP contribution in [0, 0.1) is 31.1 Å². The topological polar surface area (TPSA) is 68.0 Å². The molecule has 0 aromatic carbocycles. The second-order valence-corrected chi connectivity index (χ2v) is 7.06. The van der Waals surface area contributed by atoms with Crippen LogP contribution in [0.25, 0.3) is 0 Å². The minimum Gasteiger partial charge on any atom is -0.327 e. The van der Waals surface area contributed by atoms with E-state index in [1.165, 1.54) is 0 Å².